The van der Waals surface area contributed by atoms with Crippen LogP contribution in [-0.4, -0.2) is 38.9 Å². The Balaban J connectivity index is 2.16. The van der Waals surface area contributed by atoms with Crippen LogP contribution in [0.15, 0.2) is 23.2 Å². The molecule has 0 amide bonds. The second-order valence-corrected chi connectivity index (χ2v) is 4.17. The summed E-state index contributed by atoms with van der Waals surface area (Å²) in [6, 6.07) is 3.16. The van der Waals surface area contributed by atoms with Crippen LogP contribution in [0.25, 0.3) is 0 Å². The molecule has 0 bridgehead atoms. The molecular formula is C14H21F2N3O2. The fraction of sp³-hybridized carbons (Fsp3) is 0.500. The van der Waals surface area contributed by atoms with Crippen molar-refractivity contribution >= 4 is 5.96 Å². The summed E-state index contributed by atoms with van der Waals surface area (Å²) in [4.78, 5) is 4.09. The van der Waals surface area contributed by atoms with Gasteiger partial charge in [-0.15, -0.1) is 0 Å². The molecule has 0 aliphatic carbocycles. The van der Waals surface area contributed by atoms with E-state index in [-0.39, 0.29) is 12.4 Å². The van der Waals surface area contributed by atoms with E-state index in [1.165, 1.54) is 6.07 Å². The number of nitrogens with one attached hydrogen (secondary N) is 1. The SMILES string of the molecule is CCOCCCN=C(N)NCCOc1ccc(F)cc1F. The van der Waals surface area contributed by atoms with Crippen molar-refractivity contribution in [3.8, 4) is 5.75 Å². The first kappa shape index (κ1) is 17.2. The third kappa shape index (κ3) is 7.45. The zero-order valence-corrected chi connectivity index (χ0v) is 12.1. The molecule has 0 aromatic heterocycles. The van der Waals surface area contributed by atoms with Gasteiger partial charge in [0, 0.05) is 25.8 Å². The third-order valence-corrected chi connectivity index (χ3v) is 2.49. The van der Waals surface area contributed by atoms with E-state index in [0.717, 1.165) is 18.6 Å². The van der Waals surface area contributed by atoms with Crippen molar-refractivity contribution in [2.24, 2.45) is 10.7 Å². The lowest BCUT2D eigenvalue weighted by Gasteiger charge is -2.09. The number of halogens is 2. The van der Waals surface area contributed by atoms with Gasteiger partial charge in [0.05, 0.1) is 6.54 Å². The van der Waals surface area contributed by atoms with Crippen molar-refractivity contribution in [3.05, 3.63) is 29.8 Å². The first-order valence-electron chi connectivity index (χ1n) is 6.83. The maximum Gasteiger partial charge on any atom is 0.188 e. The van der Waals surface area contributed by atoms with Crippen LogP contribution in [0, 0.1) is 11.6 Å². The molecule has 0 aliphatic rings. The summed E-state index contributed by atoms with van der Waals surface area (Å²) >= 11 is 0. The molecule has 0 aliphatic heterocycles. The summed E-state index contributed by atoms with van der Waals surface area (Å²) in [7, 11) is 0. The standard InChI is InChI=1S/C14H21F2N3O2/c1-2-20-8-3-6-18-14(17)19-7-9-21-13-5-4-11(15)10-12(13)16/h4-5,10H,2-3,6-9H2,1H3,(H3,17,18,19). The lowest BCUT2D eigenvalue weighted by Crippen LogP contribution is -2.35. The molecule has 1 rings (SSSR count). The van der Waals surface area contributed by atoms with Crippen LogP contribution < -0.4 is 15.8 Å². The fourth-order valence-corrected chi connectivity index (χ4v) is 1.50. The largest absolute Gasteiger partial charge is 0.489 e. The van der Waals surface area contributed by atoms with Crippen LogP contribution in [-0.2, 0) is 4.74 Å². The van der Waals surface area contributed by atoms with E-state index in [1.54, 1.807) is 0 Å². The predicted octanol–water partition coefficient (Wildman–Crippen LogP) is 1.67. The normalized spacial score (nSPS) is 11.5. The molecular weight excluding hydrogens is 280 g/mol. The number of aliphatic imine (C=N–C) groups is 1. The number of nitrogens with two attached hydrogens (primary N) is 1. The predicted molar refractivity (Wildman–Crippen MR) is 77.5 cm³/mol. The number of hydrogen-bond donors (Lipinski definition) is 2. The van der Waals surface area contributed by atoms with Gasteiger partial charge < -0.3 is 20.5 Å². The monoisotopic (exact) mass is 301 g/mol. The van der Waals surface area contributed by atoms with E-state index in [1.807, 2.05) is 6.92 Å². The van der Waals surface area contributed by atoms with E-state index < -0.39 is 11.6 Å². The second-order valence-electron chi connectivity index (χ2n) is 4.17. The summed E-state index contributed by atoms with van der Waals surface area (Å²) in [6.07, 6.45) is 0.799. The maximum atomic E-state index is 13.3. The number of nitrogens with zero attached hydrogens (tertiary/aromatic N) is 1. The van der Waals surface area contributed by atoms with Crippen LogP contribution in [0.4, 0.5) is 8.78 Å². The molecule has 0 radical (unpaired) electrons. The van der Waals surface area contributed by atoms with Gasteiger partial charge in [0.15, 0.2) is 17.5 Å². The minimum atomic E-state index is -0.729. The Labute approximate surface area is 123 Å². The molecule has 7 heteroatoms. The van der Waals surface area contributed by atoms with Gasteiger partial charge in [-0.2, -0.15) is 0 Å². The van der Waals surface area contributed by atoms with Crippen LogP contribution >= 0.6 is 0 Å². The molecule has 1 aromatic rings. The average molecular weight is 301 g/mol. The van der Waals surface area contributed by atoms with Crippen LogP contribution in [0.5, 0.6) is 5.75 Å². The zero-order valence-electron chi connectivity index (χ0n) is 12.1. The van der Waals surface area contributed by atoms with Crippen molar-refractivity contribution in [1.82, 2.24) is 5.32 Å². The molecule has 118 valence electrons. The smallest absolute Gasteiger partial charge is 0.188 e. The van der Waals surface area contributed by atoms with Gasteiger partial charge in [-0.05, 0) is 25.5 Å². The quantitative estimate of drug-likeness (QED) is 0.413. The molecule has 5 nitrogen and oxygen atoms in total. The Hall–Kier alpha value is -1.89. The maximum absolute atomic E-state index is 13.3. The van der Waals surface area contributed by atoms with Gasteiger partial charge in [0.25, 0.3) is 0 Å². The first-order valence-corrected chi connectivity index (χ1v) is 6.83. The molecule has 0 atom stereocenters. The molecule has 0 unspecified atom stereocenters. The van der Waals surface area contributed by atoms with E-state index in [4.69, 9.17) is 15.2 Å². The Morgan fingerprint density at radius 3 is 2.86 bits per heavy atom. The summed E-state index contributed by atoms with van der Waals surface area (Å²) in [5.41, 5.74) is 5.64. The minimum Gasteiger partial charge on any atom is -0.489 e. The zero-order chi connectivity index (χ0) is 15.5. The van der Waals surface area contributed by atoms with Gasteiger partial charge >= 0.3 is 0 Å². The van der Waals surface area contributed by atoms with Crippen molar-refractivity contribution in [2.75, 3.05) is 32.9 Å². The third-order valence-electron chi connectivity index (χ3n) is 2.49. The number of guanidine groups is 1. The Morgan fingerprint density at radius 2 is 2.14 bits per heavy atom. The van der Waals surface area contributed by atoms with E-state index in [9.17, 15) is 8.78 Å². The van der Waals surface area contributed by atoms with Crippen molar-refractivity contribution in [3.63, 3.8) is 0 Å². The lowest BCUT2D eigenvalue weighted by atomic mass is 10.3. The van der Waals surface area contributed by atoms with Crippen molar-refractivity contribution in [1.29, 1.82) is 0 Å². The topological polar surface area (TPSA) is 68.9 Å². The molecule has 0 heterocycles. The van der Waals surface area contributed by atoms with Crippen molar-refractivity contribution in [2.45, 2.75) is 13.3 Å². The summed E-state index contributed by atoms with van der Waals surface area (Å²) in [6.45, 7) is 4.42. The summed E-state index contributed by atoms with van der Waals surface area (Å²) in [5, 5.41) is 2.84. The highest BCUT2D eigenvalue weighted by Crippen LogP contribution is 2.17. The van der Waals surface area contributed by atoms with Gasteiger partial charge in [0.1, 0.15) is 12.4 Å². The Bertz CT molecular complexity index is 456. The van der Waals surface area contributed by atoms with E-state index in [2.05, 4.69) is 10.3 Å². The highest BCUT2D eigenvalue weighted by Gasteiger charge is 2.04. The van der Waals surface area contributed by atoms with Gasteiger partial charge in [-0.1, -0.05) is 0 Å². The Kier molecular flexibility index (Phi) is 8.11. The lowest BCUT2D eigenvalue weighted by molar-refractivity contribution is 0.146. The second kappa shape index (κ2) is 9.93. The molecule has 0 saturated carbocycles. The van der Waals surface area contributed by atoms with E-state index in [0.29, 0.717) is 32.3 Å². The Morgan fingerprint density at radius 1 is 1.33 bits per heavy atom. The number of ether oxygens (including phenoxy) is 2. The van der Waals surface area contributed by atoms with E-state index >= 15 is 0 Å². The molecule has 3 N–H and O–H groups in total. The highest BCUT2D eigenvalue weighted by molar-refractivity contribution is 5.77. The number of hydrogen-bond acceptors (Lipinski definition) is 3. The minimum absolute atomic E-state index is 0.00502. The fourth-order valence-electron chi connectivity index (χ4n) is 1.50. The van der Waals surface area contributed by atoms with Crippen LogP contribution in [0.2, 0.25) is 0 Å². The van der Waals surface area contributed by atoms with Gasteiger partial charge in [-0.3, -0.25) is 4.99 Å². The van der Waals surface area contributed by atoms with Crippen LogP contribution in [0.3, 0.4) is 0 Å². The van der Waals surface area contributed by atoms with Gasteiger partial charge in [0.2, 0.25) is 0 Å². The van der Waals surface area contributed by atoms with Crippen LogP contribution in [0.1, 0.15) is 13.3 Å². The first-order chi connectivity index (χ1) is 10.1. The summed E-state index contributed by atoms with van der Waals surface area (Å²) in [5.74, 6) is -1.06. The van der Waals surface area contributed by atoms with Gasteiger partial charge in [-0.25, -0.2) is 8.78 Å². The number of rotatable bonds is 9. The average Bonchev–Trinajstić information content (AvgIpc) is 2.45. The number of benzene rings is 1. The summed E-state index contributed by atoms with van der Waals surface area (Å²) < 4.78 is 36.3. The highest BCUT2D eigenvalue weighted by atomic mass is 19.1. The molecule has 0 saturated heterocycles. The molecule has 0 spiro atoms. The van der Waals surface area contributed by atoms with Crippen molar-refractivity contribution < 1.29 is 18.3 Å². The molecule has 0 fully saturated rings. The molecule has 21 heavy (non-hydrogen) atoms. The molecule has 1 aromatic carbocycles.